The van der Waals surface area contributed by atoms with Crippen LogP contribution >= 0.6 is 0 Å². The van der Waals surface area contributed by atoms with Gasteiger partial charge in [0.15, 0.2) is 6.10 Å². The molecule has 1 amide bonds. The Kier molecular flexibility index (Phi) is 5.57. The summed E-state index contributed by atoms with van der Waals surface area (Å²) in [5, 5.41) is 5.15. The second-order valence-electron chi connectivity index (χ2n) is 6.56. The maximum Gasteiger partial charge on any atom is 0.261 e. The largest absolute Gasteiger partial charge is 0.480 e. The van der Waals surface area contributed by atoms with Crippen molar-refractivity contribution in [1.82, 2.24) is 5.32 Å². The number of hydrogen-bond donors (Lipinski definition) is 1. The van der Waals surface area contributed by atoms with Crippen molar-refractivity contribution in [2.75, 3.05) is 0 Å². The van der Waals surface area contributed by atoms with Crippen LogP contribution in [0.2, 0.25) is 0 Å². The Morgan fingerprint density at radius 3 is 2.38 bits per heavy atom. The third-order valence-corrected chi connectivity index (χ3v) is 4.67. The third-order valence-electron chi connectivity index (χ3n) is 4.67. The van der Waals surface area contributed by atoms with Gasteiger partial charge in [-0.05, 0) is 42.8 Å². The van der Waals surface area contributed by atoms with Crippen molar-refractivity contribution >= 4 is 16.7 Å². The van der Waals surface area contributed by atoms with E-state index in [0.717, 1.165) is 28.5 Å². The molecule has 0 saturated carbocycles. The van der Waals surface area contributed by atoms with Crippen LogP contribution in [0.15, 0.2) is 66.7 Å². The molecule has 3 heteroatoms. The number of aryl methyl sites for hydroxylation is 1. The van der Waals surface area contributed by atoms with Crippen LogP contribution in [0.25, 0.3) is 10.8 Å². The minimum Gasteiger partial charge on any atom is -0.480 e. The highest BCUT2D eigenvalue weighted by Gasteiger charge is 2.18. The number of rotatable bonds is 6. The second kappa shape index (κ2) is 8.05. The highest BCUT2D eigenvalue weighted by Crippen LogP contribution is 2.26. The van der Waals surface area contributed by atoms with Crippen LogP contribution in [0.5, 0.6) is 5.75 Å². The van der Waals surface area contributed by atoms with Crippen molar-refractivity contribution in [3.05, 3.63) is 77.9 Å². The first-order valence-corrected chi connectivity index (χ1v) is 9.12. The Bertz CT molecular complexity index is 881. The third kappa shape index (κ3) is 4.05. The van der Waals surface area contributed by atoms with E-state index < -0.39 is 6.10 Å². The Morgan fingerprint density at radius 1 is 0.962 bits per heavy atom. The lowest BCUT2D eigenvalue weighted by Crippen LogP contribution is -2.37. The maximum atomic E-state index is 12.6. The van der Waals surface area contributed by atoms with Gasteiger partial charge in [-0.2, -0.15) is 0 Å². The van der Waals surface area contributed by atoms with Gasteiger partial charge in [0.05, 0.1) is 6.04 Å². The summed E-state index contributed by atoms with van der Waals surface area (Å²) in [5.41, 5.74) is 2.38. The molecule has 1 N–H and O–H groups in total. The summed E-state index contributed by atoms with van der Waals surface area (Å²) in [4.78, 5) is 12.6. The van der Waals surface area contributed by atoms with Crippen LogP contribution in [0.3, 0.4) is 0 Å². The summed E-state index contributed by atoms with van der Waals surface area (Å²) < 4.78 is 5.95. The van der Waals surface area contributed by atoms with Gasteiger partial charge >= 0.3 is 0 Å². The molecule has 0 aromatic heterocycles. The maximum absolute atomic E-state index is 12.6. The molecule has 0 bridgehead atoms. The fourth-order valence-electron chi connectivity index (χ4n) is 3.00. The molecule has 0 fully saturated rings. The van der Waals surface area contributed by atoms with Crippen molar-refractivity contribution in [3.63, 3.8) is 0 Å². The van der Waals surface area contributed by atoms with Crippen molar-refractivity contribution in [1.29, 1.82) is 0 Å². The lowest BCUT2D eigenvalue weighted by atomic mass is 10.0. The molecule has 0 unspecified atom stereocenters. The molecule has 3 nitrogen and oxygen atoms in total. The van der Waals surface area contributed by atoms with E-state index in [-0.39, 0.29) is 11.9 Å². The van der Waals surface area contributed by atoms with Gasteiger partial charge in [0, 0.05) is 5.39 Å². The quantitative estimate of drug-likeness (QED) is 0.678. The fourth-order valence-corrected chi connectivity index (χ4v) is 3.00. The molecule has 0 radical (unpaired) electrons. The first-order valence-electron chi connectivity index (χ1n) is 9.12. The molecule has 0 aliphatic carbocycles. The molecule has 26 heavy (non-hydrogen) atoms. The van der Waals surface area contributed by atoms with Gasteiger partial charge in [0.1, 0.15) is 5.75 Å². The van der Waals surface area contributed by atoms with E-state index in [1.54, 1.807) is 6.92 Å². The SMILES string of the molecule is CCc1ccc([C@@H](C)NC(=O)[C@@H](C)Oc2cccc3ccccc23)cc1. The molecule has 0 aliphatic rings. The predicted octanol–water partition coefficient (Wildman–Crippen LogP) is 5.05. The molecular formula is C23H25NO2. The van der Waals surface area contributed by atoms with Crippen molar-refractivity contribution in [2.45, 2.75) is 39.3 Å². The summed E-state index contributed by atoms with van der Waals surface area (Å²) in [6.07, 6.45) is 0.440. The van der Waals surface area contributed by atoms with Gasteiger partial charge in [-0.25, -0.2) is 0 Å². The Labute approximate surface area is 155 Å². The summed E-state index contributed by atoms with van der Waals surface area (Å²) in [6.45, 7) is 5.90. The van der Waals surface area contributed by atoms with Gasteiger partial charge in [0.25, 0.3) is 5.91 Å². The molecule has 3 rings (SSSR count). The zero-order valence-corrected chi connectivity index (χ0v) is 15.5. The zero-order chi connectivity index (χ0) is 18.5. The smallest absolute Gasteiger partial charge is 0.261 e. The molecular weight excluding hydrogens is 322 g/mol. The van der Waals surface area contributed by atoms with Crippen LogP contribution < -0.4 is 10.1 Å². The van der Waals surface area contributed by atoms with Gasteiger partial charge in [0.2, 0.25) is 0 Å². The zero-order valence-electron chi connectivity index (χ0n) is 15.5. The number of amides is 1. The van der Waals surface area contributed by atoms with Crippen LogP contribution in [0.4, 0.5) is 0 Å². The van der Waals surface area contributed by atoms with E-state index in [4.69, 9.17) is 4.74 Å². The standard InChI is InChI=1S/C23H25NO2/c1-4-18-12-14-19(15-13-18)16(2)24-23(25)17(3)26-22-11-7-9-20-8-5-6-10-21(20)22/h5-17H,4H2,1-3H3,(H,24,25)/t16-,17-/m1/s1. The van der Waals surface area contributed by atoms with Gasteiger partial charge in [-0.1, -0.05) is 67.6 Å². The average Bonchev–Trinajstić information content (AvgIpc) is 2.68. The molecule has 0 spiro atoms. The van der Waals surface area contributed by atoms with Crippen LogP contribution in [0.1, 0.15) is 37.9 Å². The molecule has 134 valence electrons. The number of ether oxygens (including phenoxy) is 1. The van der Waals surface area contributed by atoms with E-state index in [1.807, 2.05) is 49.4 Å². The minimum atomic E-state index is -0.571. The van der Waals surface area contributed by atoms with Crippen LogP contribution in [-0.2, 0) is 11.2 Å². The van der Waals surface area contributed by atoms with Gasteiger partial charge < -0.3 is 10.1 Å². The first-order chi connectivity index (χ1) is 12.6. The lowest BCUT2D eigenvalue weighted by molar-refractivity contribution is -0.127. The molecule has 2 atom stereocenters. The van der Waals surface area contributed by atoms with Crippen molar-refractivity contribution < 1.29 is 9.53 Å². The van der Waals surface area contributed by atoms with E-state index in [1.165, 1.54) is 5.56 Å². The minimum absolute atomic E-state index is 0.0630. The molecule has 3 aromatic carbocycles. The number of fused-ring (bicyclic) bond motifs is 1. The molecule has 0 heterocycles. The normalized spacial score (nSPS) is 13.2. The van der Waals surface area contributed by atoms with Gasteiger partial charge in [-0.15, -0.1) is 0 Å². The number of nitrogens with one attached hydrogen (secondary N) is 1. The summed E-state index contributed by atoms with van der Waals surface area (Å²) in [7, 11) is 0. The second-order valence-corrected chi connectivity index (χ2v) is 6.56. The number of carbonyl (C=O) groups is 1. The van der Waals surface area contributed by atoms with E-state index in [9.17, 15) is 4.79 Å². The summed E-state index contributed by atoms with van der Waals surface area (Å²) in [6, 6.07) is 22.2. The highest BCUT2D eigenvalue weighted by atomic mass is 16.5. The monoisotopic (exact) mass is 347 g/mol. The summed E-state index contributed by atoms with van der Waals surface area (Å²) in [5.74, 6) is 0.607. The fraction of sp³-hybridized carbons (Fsp3) is 0.261. The Balaban J connectivity index is 1.67. The van der Waals surface area contributed by atoms with Crippen molar-refractivity contribution in [2.24, 2.45) is 0 Å². The molecule has 3 aromatic rings. The van der Waals surface area contributed by atoms with Gasteiger partial charge in [-0.3, -0.25) is 4.79 Å². The molecule has 0 saturated heterocycles. The Hall–Kier alpha value is -2.81. The molecule has 0 aliphatic heterocycles. The summed E-state index contributed by atoms with van der Waals surface area (Å²) >= 11 is 0. The average molecular weight is 347 g/mol. The first kappa shape index (κ1) is 18.0. The van der Waals surface area contributed by atoms with E-state index in [0.29, 0.717) is 0 Å². The van der Waals surface area contributed by atoms with E-state index >= 15 is 0 Å². The van der Waals surface area contributed by atoms with Crippen LogP contribution in [-0.4, -0.2) is 12.0 Å². The highest BCUT2D eigenvalue weighted by molar-refractivity contribution is 5.89. The number of hydrogen-bond acceptors (Lipinski definition) is 2. The number of benzene rings is 3. The predicted molar refractivity (Wildman–Crippen MR) is 106 cm³/mol. The number of carbonyl (C=O) groups excluding carboxylic acids is 1. The topological polar surface area (TPSA) is 38.3 Å². The van der Waals surface area contributed by atoms with E-state index in [2.05, 4.69) is 36.5 Å². The van der Waals surface area contributed by atoms with Crippen LogP contribution in [0, 0.1) is 0 Å². The van der Waals surface area contributed by atoms with Crippen molar-refractivity contribution in [3.8, 4) is 5.75 Å². The Morgan fingerprint density at radius 2 is 1.65 bits per heavy atom. The lowest BCUT2D eigenvalue weighted by Gasteiger charge is -2.20.